The van der Waals surface area contributed by atoms with Crippen molar-refractivity contribution in [2.24, 2.45) is 5.92 Å². The molecule has 1 aromatic carbocycles. The van der Waals surface area contributed by atoms with E-state index >= 15 is 0 Å². The molecule has 1 aromatic rings. The normalized spacial score (nSPS) is 18.9. The molecule has 0 atom stereocenters. The summed E-state index contributed by atoms with van der Waals surface area (Å²) >= 11 is 0. The van der Waals surface area contributed by atoms with E-state index in [-0.39, 0.29) is 5.91 Å². The van der Waals surface area contributed by atoms with E-state index in [2.05, 4.69) is 4.90 Å². The Balaban J connectivity index is 1.59. The Morgan fingerprint density at radius 2 is 1.66 bits per heavy atom. The summed E-state index contributed by atoms with van der Waals surface area (Å²) in [6, 6.07) is 5.23. The summed E-state index contributed by atoms with van der Waals surface area (Å²) in [7, 11) is 0. The van der Waals surface area contributed by atoms with Crippen molar-refractivity contribution in [1.29, 1.82) is 0 Å². The van der Waals surface area contributed by atoms with Crippen LogP contribution in [0.15, 0.2) is 24.3 Å². The number of carbonyl (C=O) groups excluding carboxylic acids is 1. The maximum atomic E-state index is 12.9. The summed E-state index contributed by atoms with van der Waals surface area (Å²) in [6.07, 6.45) is 5.81. The van der Waals surface area contributed by atoms with E-state index in [0.29, 0.717) is 25.4 Å². The van der Waals surface area contributed by atoms with Crippen molar-refractivity contribution in [2.75, 3.05) is 26.2 Å². The highest BCUT2D eigenvalue weighted by atomic mass is 19.4. The van der Waals surface area contributed by atoms with Gasteiger partial charge in [-0.2, -0.15) is 13.2 Å². The minimum absolute atomic E-state index is 0.133. The Morgan fingerprint density at radius 3 is 2.28 bits per heavy atom. The number of piperidine rings is 1. The van der Waals surface area contributed by atoms with Crippen LogP contribution in [-0.2, 0) is 17.5 Å². The van der Waals surface area contributed by atoms with Gasteiger partial charge in [0.05, 0.1) is 5.56 Å². The molecule has 1 aliphatic carbocycles. The molecule has 0 spiro atoms. The van der Waals surface area contributed by atoms with E-state index in [1.807, 2.05) is 4.90 Å². The number of nitrogens with zero attached hydrogens (tertiary/aromatic N) is 2. The second-order valence-electron chi connectivity index (χ2n) is 8.60. The van der Waals surface area contributed by atoms with Gasteiger partial charge in [0.25, 0.3) is 0 Å². The Kier molecular flexibility index (Phi) is 7.99. The van der Waals surface area contributed by atoms with E-state index < -0.39 is 11.7 Å². The highest BCUT2D eigenvalue weighted by Crippen LogP contribution is 2.30. The number of hydrogen-bond donors (Lipinski definition) is 0. The predicted octanol–water partition coefficient (Wildman–Crippen LogP) is 5.49. The first-order valence-corrected chi connectivity index (χ1v) is 11.1. The molecular formula is C23H33F3N2O. The minimum Gasteiger partial charge on any atom is -0.337 e. The minimum atomic E-state index is -4.33. The van der Waals surface area contributed by atoms with Crippen molar-refractivity contribution >= 4 is 5.91 Å². The maximum absolute atomic E-state index is 12.9. The fourth-order valence-electron chi connectivity index (χ4n) is 4.54. The zero-order chi connectivity index (χ0) is 20.7. The Labute approximate surface area is 172 Å². The van der Waals surface area contributed by atoms with Crippen molar-refractivity contribution in [3.05, 3.63) is 35.4 Å². The van der Waals surface area contributed by atoms with Gasteiger partial charge in [0.2, 0.25) is 5.91 Å². The van der Waals surface area contributed by atoms with Gasteiger partial charge in [0, 0.05) is 26.1 Å². The lowest BCUT2D eigenvalue weighted by Gasteiger charge is -2.30. The largest absolute Gasteiger partial charge is 0.416 e. The number of halogens is 3. The van der Waals surface area contributed by atoms with Crippen LogP contribution in [0, 0.1) is 5.92 Å². The van der Waals surface area contributed by atoms with Crippen molar-refractivity contribution in [1.82, 2.24) is 9.80 Å². The molecule has 0 unspecified atom stereocenters. The van der Waals surface area contributed by atoms with Gasteiger partial charge in [-0.1, -0.05) is 44.2 Å². The highest BCUT2D eigenvalue weighted by molar-refractivity contribution is 5.76. The van der Waals surface area contributed by atoms with Crippen LogP contribution in [0.4, 0.5) is 13.2 Å². The summed E-state index contributed by atoms with van der Waals surface area (Å²) in [5.74, 6) is 0.794. The maximum Gasteiger partial charge on any atom is 0.416 e. The lowest BCUT2D eigenvalue weighted by Crippen LogP contribution is -2.40. The number of hydrogen-bond acceptors (Lipinski definition) is 2. The van der Waals surface area contributed by atoms with Crippen LogP contribution in [0.25, 0.3) is 0 Å². The molecule has 0 N–H and O–H groups in total. The average molecular weight is 411 g/mol. The molecule has 1 heterocycles. The number of likely N-dealkylation sites (tertiary alicyclic amines) is 1. The smallest absolute Gasteiger partial charge is 0.337 e. The van der Waals surface area contributed by atoms with Gasteiger partial charge in [-0.3, -0.25) is 4.79 Å². The Morgan fingerprint density at radius 1 is 1.00 bits per heavy atom. The third-order valence-corrected chi connectivity index (χ3v) is 6.38. The van der Waals surface area contributed by atoms with Gasteiger partial charge in [-0.25, -0.2) is 0 Å². The Bertz CT molecular complexity index is 633. The monoisotopic (exact) mass is 410 g/mol. The molecular weight excluding hydrogens is 377 g/mol. The highest BCUT2D eigenvalue weighted by Gasteiger charge is 2.30. The van der Waals surface area contributed by atoms with Crippen LogP contribution >= 0.6 is 0 Å². The Hall–Kier alpha value is -1.56. The molecule has 2 fully saturated rings. The number of alkyl halides is 3. The van der Waals surface area contributed by atoms with E-state index in [4.69, 9.17) is 0 Å². The molecule has 6 heteroatoms. The summed E-state index contributed by atoms with van der Waals surface area (Å²) in [4.78, 5) is 17.2. The molecule has 0 radical (unpaired) electrons. The lowest BCUT2D eigenvalue weighted by atomic mass is 10.0. The number of benzene rings is 1. The molecule has 0 bridgehead atoms. The first-order valence-electron chi connectivity index (χ1n) is 11.1. The zero-order valence-electron chi connectivity index (χ0n) is 17.2. The van der Waals surface area contributed by atoms with Crippen LogP contribution in [0.3, 0.4) is 0 Å². The van der Waals surface area contributed by atoms with Crippen molar-refractivity contribution in [3.63, 3.8) is 0 Å². The van der Waals surface area contributed by atoms with Crippen LogP contribution < -0.4 is 0 Å². The van der Waals surface area contributed by atoms with Crippen LogP contribution in [0.2, 0.25) is 0 Å². The standard InChI is InChI=1S/C23H33F3N2O/c24-23(25,26)21-11-8-20(9-12-21)18-28(17-16-27-14-4-1-5-15-27)22(29)13-10-19-6-2-3-7-19/h8-9,11-12,19H,1-7,10,13-18H2. The SMILES string of the molecule is O=C(CCC1CCCC1)N(CCN1CCCCC1)Cc1ccc(C(F)(F)F)cc1. The summed E-state index contributed by atoms with van der Waals surface area (Å²) in [5, 5.41) is 0. The topological polar surface area (TPSA) is 23.6 Å². The molecule has 3 nitrogen and oxygen atoms in total. The van der Waals surface area contributed by atoms with Crippen molar-refractivity contribution in [3.8, 4) is 0 Å². The van der Waals surface area contributed by atoms with Gasteiger partial charge < -0.3 is 9.80 Å². The number of carbonyl (C=O) groups is 1. The summed E-state index contributed by atoms with van der Waals surface area (Å²) in [5.41, 5.74) is 0.111. The molecule has 2 aliphatic rings. The second-order valence-corrected chi connectivity index (χ2v) is 8.60. The molecule has 1 aliphatic heterocycles. The third-order valence-electron chi connectivity index (χ3n) is 6.38. The third kappa shape index (κ3) is 7.02. The zero-order valence-corrected chi connectivity index (χ0v) is 17.2. The van der Waals surface area contributed by atoms with E-state index in [1.54, 1.807) is 0 Å². The van der Waals surface area contributed by atoms with Crippen molar-refractivity contribution < 1.29 is 18.0 Å². The van der Waals surface area contributed by atoms with Gasteiger partial charge in [0.15, 0.2) is 0 Å². The molecule has 0 aromatic heterocycles. The van der Waals surface area contributed by atoms with Gasteiger partial charge in [0.1, 0.15) is 0 Å². The van der Waals surface area contributed by atoms with Gasteiger partial charge in [-0.05, 0) is 56.0 Å². The average Bonchev–Trinajstić information content (AvgIpc) is 3.23. The quantitative estimate of drug-likeness (QED) is 0.566. The molecule has 1 saturated carbocycles. The first-order chi connectivity index (χ1) is 13.9. The van der Waals surface area contributed by atoms with Crippen LogP contribution in [-0.4, -0.2) is 41.9 Å². The van der Waals surface area contributed by atoms with Crippen molar-refractivity contribution in [2.45, 2.75) is 70.5 Å². The molecule has 29 heavy (non-hydrogen) atoms. The van der Waals surface area contributed by atoms with E-state index in [0.717, 1.165) is 43.8 Å². The number of amides is 1. The van der Waals surface area contributed by atoms with Crippen LogP contribution in [0.1, 0.15) is 68.9 Å². The van der Waals surface area contributed by atoms with Gasteiger partial charge in [-0.15, -0.1) is 0 Å². The molecule has 3 rings (SSSR count). The predicted molar refractivity (Wildman–Crippen MR) is 108 cm³/mol. The first kappa shape index (κ1) is 22.1. The van der Waals surface area contributed by atoms with Gasteiger partial charge >= 0.3 is 6.18 Å². The molecule has 162 valence electrons. The summed E-state index contributed by atoms with van der Waals surface area (Å²) < 4.78 is 38.4. The lowest BCUT2D eigenvalue weighted by molar-refractivity contribution is -0.137. The van der Waals surface area contributed by atoms with E-state index in [1.165, 1.54) is 57.1 Å². The fourth-order valence-corrected chi connectivity index (χ4v) is 4.54. The second kappa shape index (κ2) is 10.5. The van der Waals surface area contributed by atoms with E-state index in [9.17, 15) is 18.0 Å². The van der Waals surface area contributed by atoms with Crippen LogP contribution in [0.5, 0.6) is 0 Å². The fraction of sp³-hybridized carbons (Fsp3) is 0.696. The molecule has 1 saturated heterocycles. The summed E-state index contributed by atoms with van der Waals surface area (Å²) in [6.45, 7) is 4.02. The number of rotatable bonds is 8. The molecule has 1 amide bonds.